The Kier molecular flexibility index (Phi) is 5.18. The predicted molar refractivity (Wildman–Crippen MR) is 89.3 cm³/mol. The summed E-state index contributed by atoms with van der Waals surface area (Å²) in [6.45, 7) is 6.48. The van der Waals surface area contributed by atoms with Crippen LogP contribution in [0.15, 0.2) is 33.5 Å². The van der Waals surface area contributed by atoms with Crippen LogP contribution in [0.1, 0.15) is 32.8 Å². The van der Waals surface area contributed by atoms with Crippen molar-refractivity contribution in [1.29, 1.82) is 0 Å². The Morgan fingerprint density at radius 2 is 1.79 bits per heavy atom. The van der Waals surface area contributed by atoms with Gasteiger partial charge in [0.05, 0.1) is 0 Å². The standard InChI is InChI=1S/C18H19NO5/c1-10-5-6-11(2)14(7-10)19-15(20)9-23-18(22)17-12(3)8-16(21)24-13(17)4/h5-8H,9H2,1-4H3,(H,19,20). The van der Waals surface area contributed by atoms with Crippen LogP contribution < -0.4 is 10.9 Å². The zero-order valence-electron chi connectivity index (χ0n) is 14.1. The van der Waals surface area contributed by atoms with Crippen LogP contribution in [0.4, 0.5) is 5.69 Å². The summed E-state index contributed by atoms with van der Waals surface area (Å²) in [5.41, 5.74) is 2.68. The molecule has 1 heterocycles. The maximum absolute atomic E-state index is 12.1. The number of rotatable bonds is 4. The summed E-state index contributed by atoms with van der Waals surface area (Å²) in [5, 5.41) is 2.71. The van der Waals surface area contributed by atoms with Gasteiger partial charge in [-0.2, -0.15) is 0 Å². The van der Waals surface area contributed by atoms with Gasteiger partial charge in [-0.25, -0.2) is 9.59 Å². The van der Waals surface area contributed by atoms with Crippen molar-refractivity contribution in [3.8, 4) is 0 Å². The molecule has 2 aromatic rings. The van der Waals surface area contributed by atoms with E-state index in [1.165, 1.54) is 13.0 Å². The van der Waals surface area contributed by atoms with Gasteiger partial charge in [-0.05, 0) is 50.5 Å². The topological polar surface area (TPSA) is 85.6 Å². The van der Waals surface area contributed by atoms with E-state index in [4.69, 9.17) is 9.15 Å². The summed E-state index contributed by atoms with van der Waals surface area (Å²) in [7, 11) is 0. The van der Waals surface area contributed by atoms with Crippen molar-refractivity contribution in [2.45, 2.75) is 27.7 Å². The first-order chi connectivity index (χ1) is 11.3. The van der Waals surface area contributed by atoms with E-state index in [-0.39, 0.29) is 11.3 Å². The number of hydrogen-bond donors (Lipinski definition) is 1. The highest BCUT2D eigenvalue weighted by Crippen LogP contribution is 2.16. The second kappa shape index (κ2) is 7.12. The molecular formula is C18H19NO5. The van der Waals surface area contributed by atoms with E-state index in [1.54, 1.807) is 6.92 Å². The molecule has 1 amide bonds. The predicted octanol–water partition coefficient (Wildman–Crippen LogP) is 2.67. The first kappa shape index (κ1) is 17.5. The van der Waals surface area contributed by atoms with Gasteiger partial charge in [0.25, 0.3) is 5.91 Å². The van der Waals surface area contributed by atoms with Gasteiger partial charge in [0, 0.05) is 11.8 Å². The van der Waals surface area contributed by atoms with E-state index in [1.807, 2.05) is 32.0 Å². The van der Waals surface area contributed by atoms with Crippen LogP contribution in [0, 0.1) is 27.7 Å². The molecule has 0 bridgehead atoms. The normalized spacial score (nSPS) is 10.3. The molecule has 0 unspecified atom stereocenters. The lowest BCUT2D eigenvalue weighted by Gasteiger charge is -2.11. The molecule has 6 nitrogen and oxygen atoms in total. The van der Waals surface area contributed by atoms with Crippen molar-refractivity contribution in [3.63, 3.8) is 0 Å². The van der Waals surface area contributed by atoms with Crippen LogP contribution in [0.2, 0.25) is 0 Å². The maximum atomic E-state index is 12.1. The van der Waals surface area contributed by atoms with Crippen LogP contribution in [0.5, 0.6) is 0 Å². The highest BCUT2D eigenvalue weighted by Gasteiger charge is 2.18. The number of anilines is 1. The largest absolute Gasteiger partial charge is 0.452 e. The zero-order chi connectivity index (χ0) is 17.9. The third-order valence-electron chi connectivity index (χ3n) is 3.54. The van der Waals surface area contributed by atoms with E-state index in [0.29, 0.717) is 11.3 Å². The van der Waals surface area contributed by atoms with Crippen molar-refractivity contribution < 1.29 is 18.7 Å². The van der Waals surface area contributed by atoms with Crippen LogP contribution in [0.25, 0.3) is 0 Å². The van der Waals surface area contributed by atoms with Crippen molar-refractivity contribution in [3.05, 3.63) is 62.7 Å². The van der Waals surface area contributed by atoms with Gasteiger partial charge >= 0.3 is 11.6 Å². The lowest BCUT2D eigenvalue weighted by molar-refractivity contribution is -0.119. The van der Waals surface area contributed by atoms with Crippen LogP contribution in [-0.2, 0) is 9.53 Å². The van der Waals surface area contributed by atoms with Gasteiger partial charge in [0.1, 0.15) is 11.3 Å². The minimum absolute atomic E-state index is 0.161. The molecule has 1 aromatic carbocycles. The molecule has 1 N–H and O–H groups in total. The number of ether oxygens (including phenoxy) is 1. The molecule has 0 aliphatic carbocycles. The minimum Gasteiger partial charge on any atom is -0.452 e. The van der Waals surface area contributed by atoms with Gasteiger partial charge in [0.15, 0.2) is 6.61 Å². The van der Waals surface area contributed by atoms with Crippen molar-refractivity contribution in [1.82, 2.24) is 0 Å². The van der Waals surface area contributed by atoms with E-state index >= 15 is 0 Å². The lowest BCUT2D eigenvalue weighted by atomic mass is 10.1. The molecular weight excluding hydrogens is 310 g/mol. The number of carbonyl (C=O) groups excluding carboxylic acids is 2. The van der Waals surface area contributed by atoms with Crippen molar-refractivity contribution >= 4 is 17.6 Å². The van der Waals surface area contributed by atoms with Crippen LogP contribution in [-0.4, -0.2) is 18.5 Å². The Balaban J connectivity index is 2.03. The molecule has 0 fully saturated rings. The smallest absolute Gasteiger partial charge is 0.342 e. The van der Waals surface area contributed by atoms with Gasteiger partial charge in [-0.3, -0.25) is 4.79 Å². The number of carbonyl (C=O) groups is 2. The Hall–Kier alpha value is -2.89. The van der Waals surface area contributed by atoms with Crippen LogP contribution in [0.3, 0.4) is 0 Å². The molecule has 0 aliphatic rings. The molecule has 0 saturated carbocycles. The van der Waals surface area contributed by atoms with Crippen molar-refractivity contribution in [2.75, 3.05) is 11.9 Å². The van der Waals surface area contributed by atoms with Gasteiger partial charge in [-0.15, -0.1) is 0 Å². The van der Waals surface area contributed by atoms with Crippen molar-refractivity contribution in [2.24, 2.45) is 0 Å². The van der Waals surface area contributed by atoms with Crippen LogP contribution >= 0.6 is 0 Å². The number of benzene rings is 1. The monoisotopic (exact) mass is 329 g/mol. The molecule has 6 heteroatoms. The van der Waals surface area contributed by atoms with Gasteiger partial charge < -0.3 is 14.5 Å². The molecule has 2 rings (SSSR count). The molecule has 0 radical (unpaired) electrons. The Morgan fingerprint density at radius 1 is 1.08 bits per heavy atom. The highest BCUT2D eigenvalue weighted by atomic mass is 16.5. The van der Waals surface area contributed by atoms with Gasteiger partial charge in [-0.1, -0.05) is 12.1 Å². The third-order valence-corrected chi connectivity index (χ3v) is 3.54. The Morgan fingerprint density at radius 3 is 2.46 bits per heavy atom. The number of aryl methyl sites for hydroxylation is 4. The molecule has 0 atom stereocenters. The third kappa shape index (κ3) is 4.10. The number of amides is 1. The number of nitrogens with one attached hydrogen (secondary N) is 1. The molecule has 24 heavy (non-hydrogen) atoms. The average Bonchev–Trinajstić information content (AvgIpc) is 2.48. The second-order valence-electron chi connectivity index (χ2n) is 5.62. The molecule has 0 aliphatic heterocycles. The van der Waals surface area contributed by atoms with E-state index in [0.717, 1.165) is 11.1 Å². The first-order valence-electron chi connectivity index (χ1n) is 7.43. The maximum Gasteiger partial charge on any atom is 0.342 e. The average molecular weight is 329 g/mol. The molecule has 126 valence electrons. The Labute approximate surface area is 139 Å². The fourth-order valence-electron chi connectivity index (χ4n) is 2.32. The van der Waals surface area contributed by atoms with E-state index < -0.39 is 24.1 Å². The van der Waals surface area contributed by atoms with E-state index in [9.17, 15) is 14.4 Å². The quantitative estimate of drug-likeness (QED) is 0.872. The first-order valence-corrected chi connectivity index (χ1v) is 7.43. The second-order valence-corrected chi connectivity index (χ2v) is 5.62. The summed E-state index contributed by atoms with van der Waals surface area (Å²) < 4.78 is 9.91. The summed E-state index contributed by atoms with van der Waals surface area (Å²) >= 11 is 0. The summed E-state index contributed by atoms with van der Waals surface area (Å²) in [5.74, 6) is -0.977. The summed E-state index contributed by atoms with van der Waals surface area (Å²) in [6, 6.07) is 6.89. The highest BCUT2D eigenvalue weighted by molar-refractivity contribution is 5.96. The van der Waals surface area contributed by atoms with E-state index in [2.05, 4.69) is 5.32 Å². The fourth-order valence-corrected chi connectivity index (χ4v) is 2.32. The number of esters is 1. The lowest BCUT2D eigenvalue weighted by Crippen LogP contribution is -2.22. The summed E-state index contributed by atoms with van der Waals surface area (Å²) in [6.07, 6.45) is 0. The zero-order valence-corrected chi connectivity index (χ0v) is 14.1. The SMILES string of the molecule is Cc1ccc(C)c(NC(=O)COC(=O)c2c(C)cc(=O)oc2C)c1. The fraction of sp³-hybridized carbons (Fsp3) is 0.278. The molecule has 0 spiro atoms. The molecule has 1 aromatic heterocycles. The Bertz CT molecular complexity index is 825. The number of hydrogen-bond acceptors (Lipinski definition) is 5. The van der Waals surface area contributed by atoms with Gasteiger partial charge in [0.2, 0.25) is 0 Å². The molecule has 0 saturated heterocycles. The summed E-state index contributed by atoms with van der Waals surface area (Å²) in [4.78, 5) is 35.3. The minimum atomic E-state index is -0.704.